The first-order valence-electron chi connectivity index (χ1n) is 10.4. The van der Waals surface area contributed by atoms with Gasteiger partial charge in [0, 0.05) is 10.6 Å². The van der Waals surface area contributed by atoms with Crippen molar-refractivity contribution < 1.29 is 4.79 Å². The van der Waals surface area contributed by atoms with E-state index in [0.717, 1.165) is 40.7 Å². The maximum atomic E-state index is 12.8. The van der Waals surface area contributed by atoms with Crippen LogP contribution in [-0.2, 0) is 17.6 Å². The number of rotatable bonds is 5. The van der Waals surface area contributed by atoms with E-state index < -0.39 is 0 Å². The number of likely N-dealkylation sites (N-methyl/N-ethyl adjacent to an activating group) is 1. The number of carbonyl (C=O) groups excluding carboxylic acids is 1. The molecule has 0 radical (unpaired) electrons. The van der Waals surface area contributed by atoms with Crippen molar-refractivity contribution in [3.63, 3.8) is 0 Å². The zero-order chi connectivity index (χ0) is 21.4. The van der Waals surface area contributed by atoms with Gasteiger partial charge in [0.15, 0.2) is 0 Å². The predicted octanol–water partition coefficient (Wildman–Crippen LogP) is 4.05. The normalized spacial score (nSPS) is 17.2. The van der Waals surface area contributed by atoms with Gasteiger partial charge in [-0.1, -0.05) is 24.6 Å². The molecule has 2 heterocycles. The highest BCUT2D eigenvalue weighted by molar-refractivity contribution is 7.18. The van der Waals surface area contributed by atoms with Crippen LogP contribution in [0.2, 0.25) is 0 Å². The number of H-pyrrole nitrogens is 1. The molecule has 0 bridgehead atoms. The van der Waals surface area contributed by atoms with E-state index >= 15 is 0 Å². The van der Waals surface area contributed by atoms with Crippen molar-refractivity contribution in [1.82, 2.24) is 14.9 Å². The number of aryl methyl sites for hydroxylation is 2. The van der Waals surface area contributed by atoms with Crippen molar-refractivity contribution in [3.8, 4) is 0 Å². The van der Waals surface area contributed by atoms with Gasteiger partial charge in [0.1, 0.15) is 10.7 Å². The fourth-order valence-electron chi connectivity index (χ4n) is 3.97. The quantitative estimate of drug-likeness (QED) is 0.648. The highest BCUT2D eigenvalue weighted by atomic mass is 32.1. The van der Waals surface area contributed by atoms with Crippen LogP contribution < -0.4 is 10.9 Å². The minimum absolute atomic E-state index is 0.0635. The molecule has 1 aliphatic rings. The van der Waals surface area contributed by atoms with Gasteiger partial charge in [-0.25, -0.2) is 4.98 Å². The Morgan fingerprint density at radius 2 is 2.10 bits per heavy atom. The number of nitrogens with zero attached hydrogens (tertiary/aromatic N) is 2. The number of hydrogen-bond donors (Lipinski definition) is 2. The first kappa shape index (κ1) is 20.8. The molecule has 158 valence electrons. The molecular weight excluding hydrogens is 396 g/mol. The number of aromatic amines is 1. The Bertz CT molecular complexity index is 1130. The highest BCUT2D eigenvalue weighted by Gasteiger charge is 2.24. The van der Waals surface area contributed by atoms with E-state index in [2.05, 4.69) is 17.2 Å². The molecule has 0 spiro atoms. The average molecular weight is 425 g/mol. The lowest BCUT2D eigenvalue weighted by molar-refractivity contribution is -0.117. The zero-order valence-corrected chi connectivity index (χ0v) is 18.7. The van der Waals surface area contributed by atoms with Crippen molar-refractivity contribution in [2.45, 2.75) is 46.1 Å². The summed E-state index contributed by atoms with van der Waals surface area (Å²) in [5.74, 6) is 1.16. The molecule has 0 saturated carbocycles. The number of amides is 1. The van der Waals surface area contributed by atoms with Gasteiger partial charge in [-0.2, -0.15) is 0 Å². The Balaban J connectivity index is 1.50. The number of aromatic nitrogens is 2. The summed E-state index contributed by atoms with van der Waals surface area (Å²) >= 11 is 1.65. The van der Waals surface area contributed by atoms with Crippen molar-refractivity contribution in [2.24, 2.45) is 5.92 Å². The number of hydrogen-bond acceptors (Lipinski definition) is 5. The number of benzene rings is 1. The number of anilines is 1. The fraction of sp³-hybridized carbons (Fsp3) is 0.435. The Labute approximate surface area is 180 Å². The number of fused-ring (bicyclic) bond motifs is 3. The predicted molar refractivity (Wildman–Crippen MR) is 122 cm³/mol. The summed E-state index contributed by atoms with van der Waals surface area (Å²) < 4.78 is 0. The lowest BCUT2D eigenvalue weighted by Gasteiger charge is -2.23. The zero-order valence-electron chi connectivity index (χ0n) is 17.9. The molecule has 0 saturated heterocycles. The van der Waals surface area contributed by atoms with Crippen molar-refractivity contribution in [1.29, 1.82) is 0 Å². The summed E-state index contributed by atoms with van der Waals surface area (Å²) in [6.07, 6.45) is 3.10. The van der Waals surface area contributed by atoms with Crippen molar-refractivity contribution in [2.75, 3.05) is 18.9 Å². The molecular formula is C23H28N4O2S. The molecule has 7 heteroatoms. The Morgan fingerprint density at radius 3 is 2.83 bits per heavy atom. The monoisotopic (exact) mass is 424 g/mol. The molecule has 2 aromatic heterocycles. The van der Waals surface area contributed by atoms with E-state index in [1.54, 1.807) is 11.3 Å². The van der Waals surface area contributed by atoms with Crippen LogP contribution in [0.25, 0.3) is 10.2 Å². The van der Waals surface area contributed by atoms with Gasteiger partial charge in [0.25, 0.3) is 5.56 Å². The number of thiophene rings is 1. The molecule has 0 fully saturated rings. The number of nitrogens with one attached hydrogen (secondary N) is 2. The van der Waals surface area contributed by atoms with Gasteiger partial charge >= 0.3 is 0 Å². The summed E-state index contributed by atoms with van der Waals surface area (Å²) in [7, 11) is 1.87. The Hall–Kier alpha value is -2.51. The minimum Gasteiger partial charge on any atom is -0.325 e. The molecule has 2 N–H and O–H groups in total. The second-order valence-electron chi connectivity index (χ2n) is 8.49. The second-order valence-corrected chi connectivity index (χ2v) is 9.57. The van der Waals surface area contributed by atoms with Crippen LogP contribution in [0, 0.1) is 12.8 Å². The van der Waals surface area contributed by atoms with E-state index in [4.69, 9.17) is 4.98 Å². The first-order valence-corrected chi connectivity index (χ1v) is 11.2. The molecule has 1 amide bonds. The third-order valence-electron chi connectivity index (χ3n) is 5.97. The van der Waals surface area contributed by atoms with Crippen LogP contribution in [0.4, 0.5) is 5.69 Å². The van der Waals surface area contributed by atoms with Gasteiger partial charge in [0.05, 0.1) is 18.0 Å². The molecule has 2 atom stereocenters. The molecule has 6 nitrogen and oxygen atoms in total. The fourth-order valence-corrected chi connectivity index (χ4v) is 5.36. The van der Waals surface area contributed by atoms with E-state index in [1.807, 2.05) is 50.1 Å². The minimum atomic E-state index is -0.191. The SMILES string of the molecule is Cc1ccc(NC(=O)CN(C)[C@@H](C)c2nc3sc4c(c3c(=O)[nH]2)CC[C@@H](C)C4)cc1. The standard InChI is InChI=1S/C23H28N4O2S/c1-13-5-8-16(9-6-13)24-19(28)12-27(4)15(3)21-25-22(29)20-17-10-7-14(2)11-18(17)30-23(20)26-21/h5-6,8-9,14-15H,7,10-12H2,1-4H3,(H,24,28)(H,25,26,29)/t14-,15+/m1/s1. The summed E-state index contributed by atoms with van der Waals surface area (Å²) in [6.45, 7) is 6.43. The lowest BCUT2D eigenvalue weighted by atomic mass is 9.89. The topological polar surface area (TPSA) is 78.1 Å². The third-order valence-corrected chi connectivity index (χ3v) is 7.12. The van der Waals surface area contributed by atoms with Crippen molar-refractivity contribution in [3.05, 3.63) is 56.4 Å². The maximum Gasteiger partial charge on any atom is 0.259 e. The first-order chi connectivity index (χ1) is 14.3. The molecule has 30 heavy (non-hydrogen) atoms. The highest BCUT2D eigenvalue weighted by Crippen LogP contribution is 2.36. The van der Waals surface area contributed by atoms with Crippen molar-refractivity contribution >= 4 is 33.1 Å². The molecule has 1 aromatic carbocycles. The molecule has 0 unspecified atom stereocenters. The van der Waals surface area contributed by atoms with Crippen LogP contribution in [0.3, 0.4) is 0 Å². The Kier molecular flexibility index (Phi) is 5.75. The van der Waals surface area contributed by atoms with E-state index in [-0.39, 0.29) is 24.1 Å². The molecule has 3 aromatic rings. The van der Waals surface area contributed by atoms with Gasteiger partial charge in [-0.05, 0) is 63.8 Å². The van der Waals surface area contributed by atoms with Gasteiger partial charge in [0.2, 0.25) is 5.91 Å². The van der Waals surface area contributed by atoms with Crippen LogP contribution in [0.1, 0.15) is 48.1 Å². The van der Waals surface area contributed by atoms with Crippen LogP contribution in [0.5, 0.6) is 0 Å². The van der Waals surface area contributed by atoms with Gasteiger partial charge < -0.3 is 10.3 Å². The summed E-state index contributed by atoms with van der Waals surface area (Å²) in [6, 6.07) is 7.52. The smallest absolute Gasteiger partial charge is 0.259 e. The Morgan fingerprint density at radius 1 is 1.37 bits per heavy atom. The summed E-state index contributed by atoms with van der Waals surface area (Å²) in [4.78, 5) is 37.1. The van der Waals surface area contributed by atoms with E-state index in [0.29, 0.717) is 11.7 Å². The van der Waals surface area contributed by atoms with Crippen LogP contribution in [-0.4, -0.2) is 34.4 Å². The average Bonchev–Trinajstić information content (AvgIpc) is 3.06. The summed E-state index contributed by atoms with van der Waals surface area (Å²) in [5.41, 5.74) is 3.05. The van der Waals surface area contributed by atoms with Crippen LogP contribution in [0.15, 0.2) is 29.1 Å². The third kappa shape index (κ3) is 4.18. The number of carbonyl (C=O) groups is 1. The lowest BCUT2D eigenvalue weighted by Crippen LogP contribution is -2.33. The van der Waals surface area contributed by atoms with E-state index in [1.165, 1.54) is 10.4 Å². The van der Waals surface area contributed by atoms with Gasteiger partial charge in [-0.15, -0.1) is 11.3 Å². The maximum absolute atomic E-state index is 12.8. The van der Waals surface area contributed by atoms with Gasteiger partial charge in [-0.3, -0.25) is 14.5 Å². The molecule has 0 aliphatic heterocycles. The second kappa shape index (κ2) is 8.32. The molecule has 4 rings (SSSR count). The van der Waals surface area contributed by atoms with Crippen LogP contribution >= 0.6 is 11.3 Å². The molecule has 1 aliphatic carbocycles. The van der Waals surface area contributed by atoms with E-state index in [9.17, 15) is 9.59 Å². The largest absolute Gasteiger partial charge is 0.325 e. The summed E-state index contributed by atoms with van der Waals surface area (Å²) in [5, 5.41) is 3.68.